The molecule has 2 aromatic rings. The van der Waals surface area contributed by atoms with Crippen LogP contribution in [0.3, 0.4) is 0 Å². The zero-order valence-electron chi connectivity index (χ0n) is 10.5. The summed E-state index contributed by atoms with van der Waals surface area (Å²) < 4.78 is 55.4. The van der Waals surface area contributed by atoms with Gasteiger partial charge in [0.1, 0.15) is 5.82 Å². The molecular formula is C12H11F4N3O. The molecule has 0 aliphatic rings. The maximum atomic E-state index is 13.1. The predicted octanol–water partition coefficient (Wildman–Crippen LogP) is 2.83. The van der Waals surface area contributed by atoms with Gasteiger partial charge in [0.15, 0.2) is 5.82 Å². The molecule has 1 heterocycles. The monoisotopic (exact) mass is 289 g/mol. The molecule has 0 spiro atoms. The van der Waals surface area contributed by atoms with E-state index in [0.717, 1.165) is 12.1 Å². The van der Waals surface area contributed by atoms with Crippen LogP contribution in [0.1, 0.15) is 22.8 Å². The van der Waals surface area contributed by atoms with Gasteiger partial charge in [0.05, 0.1) is 12.1 Å². The first-order valence-corrected chi connectivity index (χ1v) is 5.71. The van der Waals surface area contributed by atoms with Crippen molar-refractivity contribution in [3.8, 4) is 0 Å². The van der Waals surface area contributed by atoms with Crippen LogP contribution in [0, 0.1) is 12.7 Å². The van der Waals surface area contributed by atoms with Crippen LogP contribution in [-0.2, 0) is 19.3 Å². The van der Waals surface area contributed by atoms with Gasteiger partial charge < -0.3 is 9.84 Å². The highest BCUT2D eigenvalue weighted by atomic mass is 19.4. The second-order valence-electron chi connectivity index (χ2n) is 4.18. The van der Waals surface area contributed by atoms with Crippen LogP contribution in [0.4, 0.5) is 17.6 Å². The van der Waals surface area contributed by atoms with Crippen molar-refractivity contribution in [1.29, 1.82) is 0 Å². The van der Waals surface area contributed by atoms with E-state index in [1.54, 1.807) is 6.92 Å². The number of halogens is 4. The Bertz CT molecular complexity index is 595. The number of nitrogens with zero attached hydrogens (tertiary/aromatic N) is 2. The summed E-state index contributed by atoms with van der Waals surface area (Å²) in [5.74, 6) is -0.145. The maximum Gasteiger partial charge on any atom is 0.416 e. The molecule has 0 amide bonds. The lowest BCUT2D eigenvalue weighted by Gasteiger charge is -2.09. The van der Waals surface area contributed by atoms with Crippen LogP contribution in [0.2, 0.25) is 0 Å². The summed E-state index contributed by atoms with van der Waals surface area (Å²) in [5, 5.41) is 6.44. The Morgan fingerprint density at radius 2 is 1.95 bits per heavy atom. The summed E-state index contributed by atoms with van der Waals surface area (Å²) in [6.45, 7) is 1.91. The second kappa shape index (κ2) is 5.58. The van der Waals surface area contributed by atoms with Crippen molar-refractivity contribution >= 4 is 0 Å². The molecule has 2 rings (SSSR count). The molecule has 20 heavy (non-hydrogen) atoms. The third-order valence-electron chi connectivity index (χ3n) is 2.47. The fourth-order valence-corrected chi connectivity index (χ4v) is 1.65. The van der Waals surface area contributed by atoms with E-state index in [-0.39, 0.29) is 18.7 Å². The number of rotatable bonds is 4. The summed E-state index contributed by atoms with van der Waals surface area (Å²) in [7, 11) is 0. The van der Waals surface area contributed by atoms with Gasteiger partial charge in [-0.25, -0.2) is 4.39 Å². The predicted molar refractivity (Wildman–Crippen MR) is 61.0 cm³/mol. The van der Waals surface area contributed by atoms with Gasteiger partial charge in [-0.05, 0) is 23.8 Å². The van der Waals surface area contributed by atoms with Crippen LogP contribution in [-0.4, -0.2) is 10.1 Å². The molecule has 0 saturated carbocycles. The van der Waals surface area contributed by atoms with Crippen molar-refractivity contribution in [3.05, 3.63) is 46.9 Å². The molecule has 0 aliphatic heterocycles. The first kappa shape index (κ1) is 14.4. The number of nitrogens with one attached hydrogen (secondary N) is 1. The van der Waals surface area contributed by atoms with Gasteiger partial charge in [-0.1, -0.05) is 5.16 Å². The molecule has 0 aliphatic carbocycles. The molecule has 0 fully saturated rings. The molecule has 0 atom stereocenters. The molecule has 108 valence electrons. The van der Waals surface area contributed by atoms with Crippen molar-refractivity contribution in [3.63, 3.8) is 0 Å². The Labute approximate surface area is 111 Å². The number of hydrogen-bond acceptors (Lipinski definition) is 4. The summed E-state index contributed by atoms with van der Waals surface area (Å²) >= 11 is 0. The standard InChI is InChI=1S/C12H11F4N3O/c1-7-18-11(19-20-7)6-17-5-8-2-9(12(14,15)16)4-10(13)3-8/h2-4,17H,5-6H2,1H3. The van der Waals surface area contributed by atoms with Crippen LogP contribution in [0.5, 0.6) is 0 Å². The number of aryl methyl sites for hydroxylation is 1. The molecule has 8 heteroatoms. The number of alkyl halides is 3. The molecule has 0 bridgehead atoms. The number of hydrogen-bond donors (Lipinski definition) is 1. The lowest BCUT2D eigenvalue weighted by Crippen LogP contribution is -2.15. The van der Waals surface area contributed by atoms with Crippen LogP contribution < -0.4 is 5.32 Å². The molecule has 1 aromatic heterocycles. The third kappa shape index (κ3) is 3.77. The lowest BCUT2D eigenvalue weighted by molar-refractivity contribution is -0.137. The van der Waals surface area contributed by atoms with E-state index in [0.29, 0.717) is 17.8 Å². The largest absolute Gasteiger partial charge is 0.416 e. The minimum Gasteiger partial charge on any atom is -0.340 e. The Balaban J connectivity index is 2.00. The molecule has 4 nitrogen and oxygen atoms in total. The highest BCUT2D eigenvalue weighted by Gasteiger charge is 2.31. The number of aromatic nitrogens is 2. The first-order valence-electron chi connectivity index (χ1n) is 5.71. The number of benzene rings is 1. The summed E-state index contributed by atoms with van der Waals surface area (Å²) in [4.78, 5) is 3.92. The van der Waals surface area contributed by atoms with Crippen molar-refractivity contribution < 1.29 is 22.1 Å². The van der Waals surface area contributed by atoms with E-state index >= 15 is 0 Å². The van der Waals surface area contributed by atoms with Crippen molar-refractivity contribution in [1.82, 2.24) is 15.5 Å². The van der Waals surface area contributed by atoms with E-state index < -0.39 is 17.6 Å². The molecule has 1 aromatic carbocycles. The highest BCUT2D eigenvalue weighted by Crippen LogP contribution is 2.30. The average molecular weight is 289 g/mol. The molecule has 0 radical (unpaired) electrons. The Morgan fingerprint density at radius 3 is 2.55 bits per heavy atom. The minimum absolute atomic E-state index is 0.0639. The van der Waals surface area contributed by atoms with Crippen LogP contribution in [0.15, 0.2) is 22.7 Å². The van der Waals surface area contributed by atoms with E-state index in [1.165, 1.54) is 0 Å². The lowest BCUT2D eigenvalue weighted by atomic mass is 10.1. The first-order chi connectivity index (χ1) is 9.34. The van der Waals surface area contributed by atoms with Crippen molar-refractivity contribution in [2.24, 2.45) is 0 Å². The van der Waals surface area contributed by atoms with Gasteiger partial charge >= 0.3 is 6.18 Å². The van der Waals surface area contributed by atoms with Crippen molar-refractivity contribution in [2.45, 2.75) is 26.2 Å². The van der Waals surface area contributed by atoms with Gasteiger partial charge in [-0.15, -0.1) is 0 Å². The molecule has 1 N–H and O–H groups in total. The Hall–Kier alpha value is -1.96. The topological polar surface area (TPSA) is 51.0 Å². The highest BCUT2D eigenvalue weighted by molar-refractivity contribution is 5.26. The van der Waals surface area contributed by atoms with E-state index in [4.69, 9.17) is 4.52 Å². The quantitative estimate of drug-likeness (QED) is 0.879. The maximum absolute atomic E-state index is 13.1. The Kier molecular flexibility index (Phi) is 4.03. The summed E-state index contributed by atoms with van der Waals surface area (Å²) in [6.07, 6.45) is -4.57. The summed E-state index contributed by atoms with van der Waals surface area (Å²) in [6, 6.07) is 2.41. The van der Waals surface area contributed by atoms with E-state index in [9.17, 15) is 17.6 Å². The SMILES string of the molecule is Cc1nc(CNCc2cc(F)cc(C(F)(F)F)c2)no1. The van der Waals surface area contributed by atoms with Gasteiger partial charge in [-0.2, -0.15) is 18.2 Å². The fraction of sp³-hybridized carbons (Fsp3) is 0.333. The third-order valence-corrected chi connectivity index (χ3v) is 2.47. The van der Waals surface area contributed by atoms with Crippen LogP contribution >= 0.6 is 0 Å². The van der Waals surface area contributed by atoms with Gasteiger partial charge in [0, 0.05) is 13.5 Å². The summed E-state index contributed by atoms with van der Waals surface area (Å²) in [5.41, 5.74) is -0.817. The normalized spacial score (nSPS) is 11.8. The van der Waals surface area contributed by atoms with E-state index in [2.05, 4.69) is 15.5 Å². The fourth-order valence-electron chi connectivity index (χ4n) is 1.65. The zero-order chi connectivity index (χ0) is 14.8. The zero-order valence-corrected chi connectivity index (χ0v) is 10.5. The van der Waals surface area contributed by atoms with Crippen molar-refractivity contribution in [2.75, 3.05) is 0 Å². The van der Waals surface area contributed by atoms with E-state index in [1.807, 2.05) is 0 Å². The molecular weight excluding hydrogens is 278 g/mol. The Morgan fingerprint density at radius 1 is 1.20 bits per heavy atom. The average Bonchev–Trinajstić information content (AvgIpc) is 2.73. The molecule has 0 unspecified atom stereocenters. The van der Waals surface area contributed by atoms with Gasteiger partial charge in [0.2, 0.25) is 5.89 Å². The smallest absolute Gasteiger partial charge is 0.340 e. The molecule has 0 saturated heterocycles. The van der Waals surface area contributed by atoms with Crippen LogP contribution in [0.25, 0.3) is 0 Å². The minimum atomic E-state index is -4.57. The van der Waals surface area contributed by atoms with Gasteiger partial charge in [0.25, 0.3) is 0 Å². The second-order valence-corrected chi connectivity index (χ2v) is 4.18. The van der Waals surface area contributed by atoms with Gasteiger partial charge in [-0.3, -0.25) is 0 Å².